The van der Waals surface area contributed by atoms with E-state index in [1.54, 1.807) is 24.3 Å². The number of aryl methyl sites for hydroxylation is 2. The van der Waals surface area contributed by atoms with E-state index in [1.807, 2.05) is 0 Å². The molecule has 2 aromatic carbocycles. The smallest absolute Gasteiger partial charge is 0.257 e. The lowest BCUT2D eigenvalue weighted by Crippen LogP contribution is -2.31. The second-order valence-electron chi connectivity index (χ2n) is 7.81. The molecule has 1 unspecified atom stereocenters. The highest BCUT2D eigenvalue weighted by Crippen LogP contribution is 2.29. The average molecular weight is 427 g/mol. The van der Waals surface area contributed by atoms with Gasteiger partial charge in [-0.2, -0.15) is 0 Å². The van der Waals surface area contributed by atoms with E-state index in [2.05, 4.69) is 35.0 Å². The van der Waals surface area contributed by atoms with Gasteiger partial charge in [-0.3, -0.25) is 4.79 Å². The number of hydrogen-bond donors (Lipinski definition) is 1. The molecule has 2 aromatic rings. The first kappa shape index (κ1) is 20.6. The number of carbonyl (C=O) groups is 1. The van der Waals surface area contributed by atoms with Crippen LogP contribution >= 0.6 is 11.6 Å². The number of carbonyl (C=O) groups excluding carboxylic acids is 1. The van der Waals surface area contributed by atoms with Gasteiger partial charge in [0.25, 0.3) is 5.91 Å². The van der Waals surface area contributed by atoms with Gasteiger partial charge in [-0.25, -0.2) is 0 Å². The number of halogens is 1. The lowest BCUT2D eigenvalue weighted by molar-refractivity contribution is -0.123. The summed E-state index contributed by atoms with van der Waals surface area (Å²) in [6.45, 7) is 6.47. The molecule has 1 amide bonds. The molecule has 1 N–H and O–H groups in total. The highest BCUT2D eigenvalue weighted by molar-refractivity contribution is 6.30. The van der Waals surface area contributed by atoms with Gasteiger partial charge in [-0.05, 0) is 60.4 Å². The quantitative estimate of drug-likeness (QED) is 0.658. The second-order valence-corrected chi connectivity index (χ2v) is 8.25. The van der Waals surface area contributed by atoms with E-state index in [9.17, 15) is 4.79 Å². The molecule has 0 bridgehead atoms. The Kier molecular flexibility index (Phi) is 6.48. The predicted octanol–water partition coefficient (Wildman–Crippen LogP) is 3.99. The van der Waals surface area contributed by atoms with Crippen molar-refractivity contribution >= 4 is 17.5 Å². The average Bonchev–Trinajstić information content (AvgIpc) is 3.18. The van der Waals surface area contributed by atoms with Crippen LogP contribution in [0.15, 0.2) is 54.7 Å². The van der Waals surface area contributed by atoms with E-state index in [-0.39, 0.29) is 18.6 Å². The van der Waals surface area contributed by atoms with Crippen LogP contribution in [0.25, 0.3) is 0 Å². The fourth-order valence-corrected chi connectivity index (χ4v) is 3.91. The fraction of sp³-hybridized carbons (Fsp3) is 0.375. The van der Waals surface area contributed by atoms with Crippen LogP contribution in [0.2, 0.25) is 5.02 Å². The molecule has 0 aromatic heterocycles. The summed E-state index contributed by atoms with van der Waals surface area (Å²) in [5.41, 5.74) is 3.89. The van der Waals surface area contributed by atoms with E-state index in [0.29, 0.717) is 23.7 Å². The first-order chi connectivity index (χ1) is 14.6. The zero-order valence-electron chi connectivity index (χ0n) is 17.0. The van der Waals surface area contributed by atoms with Gasteiger partial charge < -0.3 is 19.7 Å². The Bertz CT molecular complexity index is 913. The van der Waals surface area contributed by atoms with Crippen molar-refractivity contribution in [1.82, 2.24) is 10.2 Å². The van der Waals surface area contributed by atoms with Gasteiger partial charge in [-0.15, -0.1) is 0 Å². The summed E-state index contributed by atoms with van der Waals surface area (Å²) in [4.78, 5) is 14.2. The van der Waals surface area contributed by atoms with Gasteiger partial charge in [0.05, 0.1) is 6.54 Å². The number of hydrogen-bond acceptors (Lipinski definition) is 4. The number of nitrogens with zero attached hydrogens (tertiary/aromatic N) is 1. The molecule has 5 nitrogen and oxygen atoms in total. The molecule has 1 atom stereocenters. The van der Waals surface area contributed by atoms with Crippen LogP contribution in [0.3, 0.4) is 0 Å². The van der Waals surface area contributed by atoms with Crippen molar-refractivity contribution in [1.29, 1.82) is 0 Å². The van der Waals surface area contributed by atoms with E-state index < -0.39 is 0 Å². The minimum Gasteiger partial charge on any atom is -0.489 e. The summed E-state index contributed by atoms with van der Waals surface area (Å²) in [5, 5.41) is 3.51. The Hall–Kier alpha value is -2.66. The summed E-state index contributed by atoms with van der Waals surface area (Å²) < 4.78 is 11.6. The summed E-state index contributed by atoms with van der Waals surface area (Å²) in [7, 11) is 0. The van der Waals surface area contributed by atoms with Crippen LogP contribution < -0.4 is 14.8 Å². The number of likely N-dealkylation sites (tertiary alicyclic amines) is 1. The zero-order chi connectivity index (χ0) is 20.9. The SMILES string of the molecule is C=C(CCNC(=O)COc1ccc(Cl)cc1)N1CCC(Oc2ccc3c(c2)CC3)C1. The standard InChI is InChI=1S/C24H27ClN2O3/c1-17(10-12-26-24(28)16-29-21-8-5-20(25)6-9-21)27-13-11-23(15-27)30-22-7-4-18-2-3-19(18)14-22/h4-9,14,23H,1-3,10-13,15-16H2,(H,26,28). The number of nitrogens with one attached hydrogen (secondary N) is 1. The topological polar surface area (TPSA) is 50.8 Å². The highest BCUT2D eigenvalue weighted by atomic mass is 35.5. The van der Waals surface area contributed by atoms with Crippen molar-refractivity contribution in [3.05, 3.63) is 70.9 Å². The second kappa shape index (κ2) is 9.43. The lowest BCUT2D eigenvalue weighted by atomic mass is 9.89. The number of ether oxygens (including phenoxy) is 2. The van der Waals surface area contributed by atoms with Crippen molar-refractivity contribution < 1.29 is 14.3 Å². The van der Waals surface area contributed by atoms with Gasteiger partial charge in [0.2, 0.25) is 0 Å². The van der Waals surface area contributed by atoms with Gasteiger partial charge in [-0.1, -0.05) is 24.2 Å². The Morgan fingerprint density at radius 3 is 2.63 bits per heavy atom. The van der Waals surface area contributed by atoms with Crippen LogP contribution in [-0.2, 0) is 17.6 Å². The molecule has 4 rings (SSSR count). The molecule has 2 aliphatic rings. The highest BCUT2D eigenvalue weighted by Gasteiger charge is 2.25. The van der Waals surface area contributed by atoms with E-state index in [4.69, 9.17) is 21.1 Å². The molecule has 0 radical (unpaired) electrons. The molecule has 1 saturated heterocycles. The first-order valence-electron chi connectivity index (χ1n) is 10.4. The maximum atomic E-state index is 12.0. The minimum absolute atomic E-state index is 0.0193. The fourth-order valence-electron chi connectivity index (χ4n) is 3.78. The van der Waals surface area contributed by atoms with Crippen LogP contribution in [0.4, 0.5) is 0 Å². The summed E-state index contributed by atoms with van der Waals surface area (Å²) in [6.07, 6.45) is 4.23. The lowest BCUT2D eigenvalue weighted by Gasteiger charge is -2.23. The molecule has 1 fully saturated rings. The van der Waals surface area contributed by atoms with Gasteiger partial charge in [0, 0.05) is 36.7 Å². The third-order valence-corrected chi connectivity index (χ3v) is 5.91. The molecule has 0 spiro atoms. The van der Waals surface area contributed by atoms with Gasteiger partial charge in [0.1, 0.15) is 17.6 Å². The van der Waals surface area contributed by atoms with Crippen molar-refractivity contribution in [2.24, 2.45) is 0 Å². The van der Waals surface area contributed by atoms with Crippen molar-refractivity contribution in [2.75, 3.05) is 26.2 Å². The number of benzene rings is 2. The van der Waals surface area contributed by atoms with Crippen LogP contribution in [-0.4, -0.2) is 43.2 Å². The first-order valence-corrected chi connectivity index (χ1v) is 10.8. The zero-order valence-corrected chi connectivity index (χ0v) is 17.8. The van der Waals surface area contributed by atoms with Crippen LogP contribution in [0, 0.1) is 0 Å². The molecular weight excluding hydrogens is 400 g/mol. The van der Waals surface area contributed by atoms with Crippen LogP contribution in [0.1, 0.15) is 24.0 Å². The summed E-state index contributed by atoms with van der Waals surface area (Å²) in [6, 6.07) is 13.4. The Morgan fingerprint density at radius 2 is 1.90 bits per heavy atom. The molecule has 0 saturated carbocycles. The summed E-state index contributed by atoms with van der Waals surface area (Å²) >= 11 is 5.84. The Morgan fingerprint density at radius 1 is 1.13 bits per heavy atom. The van der Waals surface area contributed by atoms with Gasteiger partial charge >= 0.3 is 0 Å². The Balaban J connectivity index is 1.13. The maximum absolute atomic E-state index is 12.0. The van der Waals surface area contributed by atoms with E-state index in [1.165, 1.54) is 17.5 Å². The summed E-state index contributed by atoms with van der Waals surface area (Å²) in [5.74, 6) is 1.44. The predicted molar refractivity (Wildman–Crippen MR) is 118 cm³/mol. The molecule has 6 heteroatoms. The minimum atomic E-state index is -0.152. The van der Waals surface area contributed by atoms with Crippen molar-refractivity contribution in [2.45, 2.75) is 31.8 Å². The van der Waals surface area contributed by atoms with Gasteiger partial charge in [0.15, 0.2) is 6.61 Å². The molecule has 158 valence electrons. The number of rotatable bonds is 9. The Labute approximate surface area is 182 Å². The molecule has 1 aliphatic carbocycles. The molecular formula is C24H27ClN2O3. The third-order valence-electron chi connectivity index (χ3n) is 5.66. The van der Waals surface area contributed by atoms with Crippen molar-refractivity contribution in [3.8, 4) is 11.5 Å². The van der Waals surface area contributed by atoms with Crippen molar-refractivity contribution in [3.63, 3.8) is 0 Å². The third kappa shape index (κ3) is 5.28. The number of amides is 1. The molecule has 30 heavy (non-hydrogen) atoms. The van der Waals surface area contributed by atoms with E-state index in [0.717, 1.165) is 37.4 Å². The molecule has 1 heterocycles. The van der Waals surface area contributed by atoms with Crippen LogP contribution in [0.5, 0.6) is 11.5 Å². The normalized spacial score (nSPS) is 17.1. The maximum Gasteiger partial charge on any atom is 0.257 e. The largest absolute Gasteiger partial charge is 0.489 e. The monoisotopic (exact) mass is 426 g/mol. The number of fused-ring (bicyclic) bond motifs is 1. The van der Waals surface area contributed by atoms with E-state index >= 15 is 0 Å². The molecule has 1 aliphatic heterocycles.